The van der Waals surface area contributed by atoms with Crippen molar-refractivity contribution in [3.8, 4) is 0 Å². The van der Waals surface area contributed by atoms with E-state index in [4.69, 9.17) is 16.3 Å². The van der Waals surface area contributed by atoms with Crippen LogP contribution in [0.2, 0.25) is 5.15 Å². The zero-order valence-electron chi connectivity index (χ0n) is 12.2. The molecule has 1 aliphatic heterocycles. The fourth-order valence-corrected chi connectivity index (χ4v) is 2.78. The quantitative estimate of drug-likeness (QED) is 0.784. The highest BCUT2D eigenvalue weighted by Crippen LogP contribution is 2.18. The molecule has 0 aliphatic carbocycles. The number of rotatable bonds is 7. The van der Waals surface area contributed by atoms with E-state index in [0.29, 0.717) is 30.2 Å². The average Bonchev–Trinajstić information content (AvgIpc) is 2.90. The summed E-state index contributed by atoms with van der Waals surface area (Å²) in [4.78, 5) is 11.1. The van der Waals surface area contributed by atoms with Crippen LogP contribution in [-0.4, -0.2) is 47.2 Å². The summed E-state index contributed by atoms with van der Waals surface area (Å²) in [6.07, 6.45) is 2.52. The Labute approximate surface area is 125 Å². The number of ether oxygens (including phenoxy) is 1. The number of aromatic nitrogens is 2. The van der Waals surface area contributed by atoms with E-state index in [1.54, 1.807) is 6.07 Å². The van der Waals surface area contributed by atoms with Crippen LogP contribution in [0.1, 0.15) is 32.5 Å². The molecule has 0 spiro atoms. The molecule has 1 unspecified atom stereocenters. The molecule has 0 saturated carbocycles. The smallest absolute Gasteiger partial charge is 0.158 e. The maximum absolute atomic E-state index is 6.02. The third-order valence-corrected chi connectivity index (χ3v) is 3.79. The molecule has 20 heavy (non-hydrogen) atoms. The van der Waals surface area contributed by atoms with Crippen LogP contribution in [0.25, 0.3) is 0 Å². The summed E-state index contributed by atoms with van der Waals surface area (Å²) in [6.45, 7) is 8.40. The van der Waals surface area contributed by atoms with E-state index in [1.807, 2.05) is 6.92 Å². The van der Waals surface area contributed by atoms with Gasteiger partial charge in [-0.2, -0.15) is 0 Å². The van der Waals surface area contributed by atoms with E-state index in [2.05, 4.69) is 27.1 Å². The number of nitrogens with zero attached hydrogens (tertiary/aromatic N) is 3. The fourth-order valence-electron chi connectivity index (χ4n) is 2.58. The van der Waals surface area contributed by atoms with Crippen molar-refractivity contribution in [2.24, 2.45) is 0 Å². The lowest BCUT2D eigenvalue weighted by Crippen LogP contribution is -2.34. The molecule has 1 fully saturated rings. The SMILES string of the molecule is CCOCc1nc(Cl)cc(NCC2CCCN2CC)n1. The number of hydrogen-bond acceptors (Lipinski definition) is 5. The molecule has 1 saturated heterocycles. The van der Waals surface area contributed by atoms with Gasteiger partial charge >= 0.3 is 0 Å². The lowest BCUT2D eigenvalue weighted by atomic mass is 10.2. The molecule has 0 aromatic carbocycles. The number of likely N-dealkylation sites (tertiary alicyclic amines) is 1. The molecule has 0 bridgehead atoms. The number of nitrogens with one attached hydrogen (secondary N) is 1. The van der Waals surface area contributed by atoms with Gasteiger partial charge in [0.05, 0.1) is 0 Å². The number of halogens is 1. The number of anilines is 1. The number of likely N-dealkylation sites (N-methyl/N-ethyl adjacent to an activating group) is 1. The van der Waals surface area contributed by atoms with Crippen LogP contribution in [0.15, 0.2) is 6.07 Å². The van der Waals surface area contributed by atoms with Gasteiger partial charge in [-0.3, -0.25) is 4.90 Å². The van der Waals surface area contributed by atoms with E-state index in [1.165, 1.54) is 19.4 Å². The van der Waals surface area contributed by atoms with Crippen molar-refractivity contribution in [2.45, 2.75) is 39.3 Å². The zero-order valence-corrected chi connectivity index (χ0v) is 13.0. The van der Waals surface area contributed by atoms with Crippen LogP contribution in [0.4, 0.5) is 5.82 Å². The molecule has 6 heteroatoms. The Balaban J connectivity index is 1.93. The van der Waals surface area contributed by atoms with Gasteiger partial charge in [0.25, 0.3) is 0 Å². The van der Waals surface area contributed by atoms with Crippen LogP contribution >= 0.6 is 11.6 Å². The van der Waals surface area contributed by atoms with Crippen LogP contribution in [0, 0.1) is 0 Å². The topological polar surface area (TPSA) is 50.3 Å². The Kier molecular flexibility index (Phi) is 6.01. The van der Waals surface area contributed by atoms with Crippen LogP contribution in [0.3, 0.4) is 0 Å². The first-order valence-corrected chi connectivity index (χ1v) is 7.69. The van der Waals surface area contributed by atoms with Crippen LogP contribution in [0.5, 0.6) is 0 Å². The third kappa shape index (κ3) is 4.30. The van der Waals surface area contributed by atoms with Gasteiger partial charge in [0, 0.05) is 25.3 Å². The Bertz CT molecular complexity index is 430. The Hall–Kier alpha value is -0.910. The lowest BCUT2D eigenvalue weighted by molar-refractivity contribution is 0.128. The molecule has 1 atom stereocenters. The van der Waals surface area contributed by atoms with Crippen molar-refractivity contribution >= 4 is 17.4 Å². The van der Waals surface area contributed by atoms with Gasteiger partial charge in [-0.25, -0.2) is 9.97 Å². The first-order chi connectivity index (χ1) is 9.72. The normalized spacial score (nSPS) is 19.4. The Morgan fingerprint density at radius 2 is 2.30 bits per heavy atom. The largest absolute Gasteiger partial charge is 0.374 e. The van der Waals surface area contributed by atoms with Crippen molar-refractivity contribution in [1.82, 2.24) is 14.9 Å². The Morgan fingerprint density at radius 3 is 3.05 bits per heavy atom. The molecule has 2 heterocycles. The van der Waals surface area contributed by atoms with E-state index < -0.39 is 0 Å². The minimum absolute atomic E-state index is 0.399. The summed E-state index contributed by atoms with van der Waals surface area (Å²) in [5.41, 5.74) is 0. The molecule has 1 aromatic rings. The molecule has 5 nitrogen and oxygen atoms in total. The van der Waals surface area contributed by atoms with E-state index in [0.717, 1.165) is 18.9 Å². The average molecular weight is 299 g/mol. The van der Waals surface area contributed by atoms with Crippen LogP contribution in [-0.2, 0) is 11.3 Å². The van der Waals surface area contributed by atoms with Crippen molar-refractivity contribution in [3.05, 3.63) is 17.0 Å². The maximum atomic E-state index is 6.02. The highest BCUT2D eigenvalue weighted by molar-refractivity contribution is 6.29. The minimum atomic E-state index is 0.399. The summed E-state index contributed by atoms with van der Waals surface area (Å²) < 4.78 is 5.32. The molecule has 2 rings (SSSR count). The molecule has 1 aliphatic rings. The minimum Gasteiger partial charge on any atom is -0.374 e. The summed E-state index contributed by atoms with van der Waals surface area (Å²) in [5.74, 6) is 1.41. The fraction of sp³-hybridized carbons (Fsp3) is 0.714. The van der Waals surface area contributed by atoms with Gasteiger partial charge < -0.3 is 10.1 Å². The number of hydrogen-bond donors (Lipinski definition) is 1. The highest BCUT2D eigenvalue weighted by atomic mass is 35.5. The van der Waals surface area contributed by atoms with Gasteiger partial charge in [-0.05, 0) is 32.9 Å². The molecule has 1 N–H and O–H groups in total. The summed E-state index contributed by atoms with van der Waals surface area (Å²) in [7, 11) is 0. The van der Waals surface area contributed by atoms with E-state index in [-0.39, 0.29) is 0 Å². The first-order valence-electron chi connectivity index (χ1n) is 7.32. The van der Waals surface area contributed by atoms with Crippen molar-refractivity contribution in [2.75, 3.05) is 31.6 Å². The van der Waals surface area contributed by atoms with Gasteiger partial charge in [0.2, 0.25) is 0 Å². The van der Waals surface area contributed by atoms with Crippen molar-refractivity contribution in [3.63, 3.8) is 0 Å². The molecular formula is C14H23ClN4O. The van der Waals surface area contributed by atoms with E-state index in [9.17, 15) is 0 Å². The molecule has 0 amide bonds. The maximum Gasteiger partial charge on any atom is 0.158 e. The standard InChI is InChI=1S/C14H23ClN4O/c1-3-19-7-5-6-11(19)9-16-13-8-12(15)17-14(18-13)10-20-4-2/h8,11H,3-7,9-10H2,1-2H3,(H,16,17,18). The second-order valence-electron chi connectivity index (χ2n) is 4.93. The second kappa shape index (κ2) is 7.76. The molecule has 0 radical (unpaired) electrons. The molecular weight excluding hydrogens is 276 g/mol. The summed E-state index contributed by atoms with van der Waals surface area (Å²) >= 11 is 6.02. The zero-order chi connectivity index (χ0) is 14.4. The van der Waals surface area contributed by atoms with Gasteiger partial charge in [0.1, 0.15) is 17.6 Å². The predicted molar refractivity (Wildman–Crippen MR) is 81.1 cm³/mol. The Morgan fingerprint density at radius 1 is 1.45 bits per heavy atom. The third-order valence-electron chi connectivity index (χ3n) is 3.60. The van der Waals surface area contributed by atoms with Crippen molar-refractivity contribution < 1.29 is 4.74 Å². The molecule has 1 aromatic heterocycles. The van der Waals surface area contributed by atoms with Crippen molar-refractivity contribution in [1.29, 1.82) is 0 Å². The van der Waals surface area contributed by atoms with Gasteiger partial charge in [-0.15, -0.1) is 0 Å². The molecule has 112 valence electrons. The van der Waals surface area contributed by atoms with E-state index >= 15 is 0 Å². The van der Waals surface area contributed by atoms with Gasteiger partial charge in [-0.1, -0.05) is 18.5 Å². The second-order valence-corrected chi connectivity index (χ2v) is 5.32. The lowest BCUT2D eigenvalue weighted by Gasteiger charge is -2.23. The monoisotopic (exact) mass is 298 g/mol. The summed E-state index contributed by atoms with van der Waals surface area (Å²) in [5, 5.41) is 3.83. The predicted octanol–water partition coefficient (Wildman–Crippen LogP) is 2.56. The van der Waals surface area contributed by atoms with Crippen LogP contribution < -0.4 is 5.32 Å². The first kappa shape index (κ1) is 15.5. The van der Waals surface area contributed by atoms with Gasteiger partial charge in [0.15, 0.2) is 5.82 Å². The highest BCUT2D eigenvalue weighted by Gasteiger charge is 2.22. The summed E-state index contributed by atoms with van der Waals surface area (Å²) in [6, 6.07) is 2.35.